The molecule has 5 rings (SSSR count). The number of carbonyl (C=O) groups excluding carboxylic acids is 1. The maximum absolute atomic E-state index is 12.7. The zero-order valence-corrected chi connectivity index (χ0v) is 17.3. The first kappa shape index (κ1) is 19.2. The molecule has 2 fully saturated rings. The van der Waals surface area contributed by atoms with Crippen LogP contribution < -0.4 is 5.69 Å². The third kappa shape index (κ3) is 3.58. The molecule has 4 heterocycles. The predicted molar refractivity (Wildman–Crippen MR) is 115 cm³/mol. The fourth-order valence-corrected chi connectivity index (χ4v) is 5.07. The Morgan fingerprint density at radius 2 is 1.73 bits per heavy atom. The number of imidazole rings is 1. The van der Waals surface area contributed by atoms with Gasteiger partial charge in [0.15, 0.2) is 5.76 Å². The molecular weight excluding hydrogens is 380 g/mol. The van der Waals surface area contributed by atoms with E-state index in [1.807, 2.05) is 24.0 Å². The zero-order chi connectivity index (χ0) is 20.7. The number of carbonyl (C=O) groups is 1. The van der Waals surface area contributed by atoms with Crippen LogP contribution in [0.25, 0.3) is 11.0 Å². The van der Waals surface area contributed by atoms with Crippen molar-refractivity contribution in [1.82, 2.24) is 19.8 Å². The summed E-state index contributed by atoms with van der Waals surface area (Å²) in [4.78, 5) is 34.4. The first-order valence-electron chi connectivity index (χ1n) is 10.9. The number of aromatic amines is 2. The lowest BCUT2D eigenvalue weighted by atomic mass is 9.88. The van der Waals surface area contributed by atoms with Crippen LogP contribution in [0.2, 0.25) is 0 Å². The molecule has 7 heteroatoms. The van der Waals surface area contributed by atoms with Gasteiger partial charge in [0.2, 0.25) is 0 Å². The van der Waals surface area contributed by atoms with Crippen molar-refractivity contribution in [1.29, 1.82) is 0 Å². The molecule has 0 unspecified atom stereocenters. The van der Waals surface area contributed by atoms with Gasteiger partial charge in [0, 0.05) is 24.7 Å². The van der Waals surface area contributed by atoms with E-state index in [0.29, 0.717) is 17.7 Å². The Morgan fingerprint density at radius 3 is 2.43 bits per heavy atom. The van der Waals surface area contributed by atoms with Crippen LogP contribution in [0.1, 0.15) is 53.3 Å². The Morgan fingerprint density at radius 1 is 1.00 bits per heavy atom. The van der Waals surface area contributed by atoms with Crippen LogP contribution in [0, 0.1) is 6.92 Å². The lowest BCUT2D eigenvalue weighted by molar-refractivity contribution is 0.0550. The van der Waals surface area contributed by atoms with Crippen molar-refractivity contribution in [2.45, 2.75) is 44.6 Å². The lowest BCUT2D eigenvalue weighted by Crippen LogP contribution is -2.48. The Bertz CT molecular complexity index is 1100. The first-order chi connectivity index (χ1) is 14.6. The maximum atomic E-state index is 12.7. The second kappa shape index (κ2) is 7.80. The third-order valence-electron chi connectivity index (χ3n) is 6.87. The fourth-order valence-electron chi connectivity index (χ4n) is 5.07. The van der Waals surface area contributed by atoms with Gasteiger partial charge in [-0.2, -0.15) is 0 Å². The van der Waals surface area contributed by atoms with Gasteiger partial charge < -0.3 is 24.2 Å². The van der Waals surface area contributed by atoms with Crippen LogP contribution >= 0.6 is 0 Å². The summed E-state index contributed by atoms with van der Waals surface area (Å²) in [6.45, 7) is 5.67. The first-order valence-corrected chi connectivity index (χ1v) is 10.9. The van der Waals surface area contributed by atoms with Crippen LogP contribution in [0.3, 0.4) is 0 Å². The Hall–Kier alpha value is -2.80. The smallest absolute Gasteiger partial charge is 0.323 e. The highest BCUT2D eigenvalue weighted by Gasteiger charge is 2.31. The van der Waals surface area contributed by atoms with Crippen LogP contribution in [-0.2, 0) is 0 Å². The number of nitrogens with zero attached hydrogens (tertiary/aromatic N) is 2. The minimum absolute atomic E-state index is 0.0212. The van der Waals surface area contributed by atoms with E-state index in [1.165, 1.54) is 5.56 Å². The van der Waals surface area contributed by atoms with E-state index in [9.17, 15) is 9.59 Å². The van der Waals surface area contributed by atoms with Crippen molar-refractivity contribution >= 4 is 16.9 Å². The zero-order valence-electron chi connectivity index (χ0n) is 17.3. The molecule has 2 N–H and O–H groups in total. The van der Waals surface area contributed by atoms with Crippen molar-refractivity contribution in [2.75, 3.05) is 26.2 Å². The summed E-state index contributed by atoms with van der Waals surface area (Å²) in [6.07, 6.45) is 5.89. The fraction of sp³-hybridized carbons (Fsp3) is 0.478. The normalized spacial score (nSPS) is 19.6. The van der Waals surface area contributed by atoms with E-state index in [0.717, 1.165) is 68.5 Å². The molecule has 0 atom stereocenters. The molecule has 0 bridgehead atoms. The molecule has 1 amide bonds. The third-order valence-corrected chi connectivity index (χ3v) is 6.87. The largest absolute Gasteiger partial charge is 0.459 e. The van der Waals surface area contributed by atoms with Gasteiger partial charge >= 0.3 is 5.69 Å². The van der Waals surface area contributed by atoms with Crippen molar-refractivity contribution in [3.63, 3.8) is 0 Å². The van der Waals surface area contributed by atoms with Gasteiger partial charge in [0.25, 0.3) is 5.91 Å². The molecule has 158 valence electrons. The molecule has 0 aliphatic carbocycles. The quantitative estimate of drug-likeness (QED) is 0.697. The van der Waals surface area contributed by atoms with Crippen LogP contribution in [0.4, 0.5) is 0 Å². The highest BCUT2D eigenvalue weighted by molar-refractivity contribution is 5.92. The highest BCUT2D eigenvalue weighted by Crippen LogP contribution is 2.31. The number of amides is 1. The molecule has 1 aromatic carbocycles. The van der Waals surface area contributed by atoms with Gasteiger partial charge in [-0.05, 0) is 75.4 Å². The van der Waals surface area contributed by atoms with Gasteiger partial charge in [0.05, 0.1) is 17.3 Å². The van der Waals surface area contributed by atoms with Crippen molar-refractivity contribution in [3.05, 3.63) is 57.9 Å². The van der Waals surface area contributed by atoms with E-state index < -0.39 is 0 Å². The minimum Gasteiger partial charge on any atom is -0.459 e. The molecule has 2 aliphatic heterocycles. The lowest BCUT2D eigenvalue weighted by Gasteiger charge is -2.41. The number of hydrogen-bond donors (Lipinski definition) is 2. The molecule has 2 aliphatic rings. The number of H-pyrrole nitrogens is 2. The average molecular weight is 409 g/mol. The number of piperidine rings is 2. The maximum Gasteiger partial charge on any atom is 0.323 e. The molecular formula is C23H28N4O3. The molecule has 0 saturated carbocycles. The van der Waals surface area contributed by atoms with E-state index in [-0.39, 0.29) is 11.6 Å². The minimum atomic E-state index is -0.149. The number of aromatic nitrogens is 2. The van der Waals surface area contributed by atoms with Crippen LogP contribution in [0.5, 0.6) is 0 Å². The molecule has 0 radical (unpaired) electrons. The van der Waals surface area contributed by atoms with Gasteiger partial charge in [0.1, 0.15) is 0 Å². The number of benzene rings is 1. The molecule has 7 nitrogen and oxygen atoms in total. The van der Waals surface area contributed by atoms with Crippen molar-refractivity contribution in [2.24, 2.45) is 0 Å². The van der Waals surface area contributed by atoms with Gasteiger partial charge in [-0.1, -0.05) is 6.07 Å². The van der Waals surface area contributed by atoms with Crippen molar-refractivity contribution < 1.29 is 9.21 Å². The average Bonchev–Trinajstić information content (AvgIpc) is 3.37. The van der Waals surface area contributed by atoms with Gasteiger partial charge in [-0.25, -0.2) is 4.79 Å². The summed E-state index contributed by atoms with van der Waals surface area (Å²) in [5, 5.41) is 0. The number of hydrogen-bond acceptors (Lipinski definition) is 4. The van der Waals surface area contributed by atoms with E-state index in [4.69, 9.17) is 4.42 Å². The van der Waals surface area contributed by atoms with E-state index in [1.54, 1.807) is 6.26 Å². The number of nitrogens with one attached hydrogen (secondary N) is 2. The summed E-state index contributed by atoms with van der Waals surface area (Å²) in [6, 6.07) is 8.66. The van der Waals surface area contributed by atoms with Crippen molar-refractivity contribution in [3.8, 4) is 0 Å². The monoisotopic (exact) mass is 408 g/mol. The van der Waals surface area contributed by atoms with E-state index >= 15 is 0 Å². The molecule has 0 spiro atoms. The Balaban J connectivity index is 1.16. The summed E-state index contributed by atoms with van der Waals surface area (Å²) >= 11 is 0. The summed E-state index contributed by atoms with van der Waals surface area (Å²) in [7, 11) is 0. The van der Waals surface area contributed by atoms with Gasteiger partial charge in [-0.3, -0.25) is 4.79 Å². The molecule has 30 heavy (non-hydrogen) atoms. The molecule has 2 saturated heterocycles. The second-order valence-electron chi connectivity index (χ2n) is 8.65. The Labute approximate surface area is 175 Å². The Kier molecular flexibility index (Phi) is 4.98. The second-order valence-corrected chi connectivity index (χ2v) is 8.65. The molecule has 2 aromatic heterocycles. The summed E-state index contributed by atoms with van der Waals surface area (Å²) < 4.78 is 5.38. The highest BCUT2D eigenvalue weighted by atomic mass is 16.3. The topological polar surface area (TPSA) is 85.3 Å². The molecule has 3 aromatic rings. The number of furan rings is 1. The standard InChI is InChI=1S/C23H28N4O3/c1-15-8-13-30-21(15)22(28)27-11-6-18(7-12-27)26-9-4-16(5-10-26)17-2-3-19-20(14-17)25-23(29)24-19/h2-3,8,13-14,16,18H,4-7,9-12H2,1H3,(H2,24,25,29). The SMILES string of the molecule is Cc1ccoc1C(=O)N1CCC(N2CCC(c3ccc4[nH]c(=O)[nH]c4c3)CC2)CC1. The number of likely N-dealkylation sites (tertiary alicyclic amines) is 2. The van der Waals surface area contributed by atoms with Crippen LogP contribution in [0.15, 0.2) is 39.7 Å². The van der Waals surface area contributed by atoms with E-state index in [2.05, 4.69) is 27.0 Å². The number of aryl methyl sites for hydroxylation is 1. The predicted octanol–water partition coefficient (Wildman–Crippen LogP) is 3.24. The number of fused-ring (bicyclic) bond motifs is 1. The summed E-state index contributed by atoms with van der Waals surface area (Å²) in [5.74, 6) is 1.04. The number of rotatable bonds is 3. The van der Waals surface area contributed by atoms with Gasteiger partial charge in [-0.15, -0.1) is 0 Å². The van der Waals surface area contributed by atoms with Crippen LogP contribution in [-0.4, -0.2) is 57.9 Å². The summed E-state index contributed by atoms with van der Waals surface area (Å²) in [5.41, 5.74) is 3.83.